The van der Waals surface area contributed by atoms with Crippen LogP contribution in [0.25, 0.3) is 0 Å². The molecule has 0 aromatic carbocycles. The molecule has 1 rings (SSSR count). The molecule has 0 saturated heterocycles. The summed E-state index contributed by atoms with van der Waals surface area (Å²) in [4.78, 5) is 24.0. The lowest BCUT2D eigenvalue weighted by atomic mass is 10.2. The van der Waals surface area contributed by atoms with Crippen LogP contribution < -0.4 is 5.32 Å². The molecule has 5 heteroatoms. The first kappa shape index (κ1) is 12.8. The van der Waals surface area contributed by atoms with Crippen LogP contribution in [0.3, 0.4) is 0 Å². The summed E-state index contributed by atoms with van der Waals surface area (Å²) in [6.45, 7) is 5.17. The quantitative estimate of drug-likeness (QED) is 0.716. The van der Waals surface area contributed by atoms with E-state index in [1.54, 1.807) is 11.8 Å². The molecule has 0 radical (unpaired) electrons. The SMILES string of the molecule is CCN(CC1CC1)C(=O)NCC(C)C(=O)O. The molecule has 5 nitrogen and oxygen atoms in total. The van der Waals surface area contributed by atoms with Crippen molar-refractivity contribution in [3.05, 3.63) is 0 Å². The van der Waals surface area contributed by atoms with Gasteiger partial charge in [-0.05, 0) is 25.7 Å². The van der Waals surface area contributed by atoms with Gasteiger partial charge in [0.25, 0.3) is 0 Å². The lowest BCUT2D eigenvalue weighted by molar-refractivity contribution is -0.140. The summed E-state index contributed by atoms with van der Waals surface area (Å²) in [5, 5.41) is 11.3. The van der Waals surface area contributed by atoms with E-state index in [0.29, 0.717) is 12.5 Å². The van der Waals surface area contributed by atoms with E-state index in [4.69, 9.17) is 5.11 Å². The second-order valence-corrected chi connectivity index (χ2v) is 4.41. The number of hydrogen-bond donors (Lipinski definition) is 2. The molecule has 0 aliphatic heterocycles. The lowest BCUT2D eigenvalue weighted by Crippen LogP contribution is -2.43. The first-order valence-corrected chi connectivity index (χ1v) is 5.80. The maximum atomic E-state index is 11.7. The van der Waals surface area contributed by atoms with Crippen molar-refractivity contribution < 1.29 is 14.7 Å². The number of hydrogen-bond acceptors (Lipinski definition) is 2. The van der Waals surface area contributed by atoms with Crippen LogP contribution in [0, 0.1) is 11.8 Å². The zero-order valence-corrected chi connectivity index (χ0v) is 9.90. The molecule has 1 atom stereocenters. The number of amides is 2. The van der Waals surface area contributed by atoms with Gasteiger partial charge in [0.05, 0.1) is 5.92 Å². The summed E-state index contributed by atoms with van der Waals surface area (Å²) in [5.74, 6) is -0.767. The number of carboxylic acid groups (broad SMARTS) is 1. The van der Waals surface area contributed by atoms with Gasteiger partial charge in [-0.2, -0.15) is 0 Å². The Balaban J connectivity index is 2.28. The highest BCUT2D eigenvalue weighted by molar-refractivity contribution is 5.75. The van der Waals surface area contributed by atoms with E-state index in [0.717, 1.165) is 6.54 Å². The van der Waals surface area contributed by atoms with Gasteiger partial charge >= 0.3 is 12.0 Å². The van der Waals surface area contributed by atoms with Gasteiger partial charge in [-0.1, -0.05) is 6.92 Å². The Morgan fingerprint density at radius 2 is 2.12 bits per heavy atom. The van der Waals surface area contributed by atoms with Crippen molar-refractivity contribution in [3.8, 4) is 0 Å². The summed E-state index contributed by atoms with van der Waals surface area (Å²) in [6, 6.07) is -0.150. The Morgan fingerprint density at radius 3 is 2.56 bits per heavy atom. The largest absolute Gasteiger partial charge is 0.481 e. The molecular weight excluding hydrogens is 208 g/mol. The second-order valence-electron chi connectivity index (χ2n) is 4.41. The number of nitrogens with zero attached hydrogens (tertiary/aromatic N) is 1. The predicted octanol–water partition coefficient (Wildman–Crippen LogP) is 1.15. The molecule has 0 aromatic heterocycles. The summed E-state index contributed by atoms with van der Waals surface area (Å²) < 4.78 is 0. The fraction of sp³-hybridized carbons (Fsp3) is 0.818. The number of nitrogens with one attached hydrogen (secondary N) is 1. The molecule has 1 unspecified atom stereocenters. The Bertz CT molecular complexity index is 264. The van der Waals surface area contributed by atoms with Gasteiger partial charge in [0, 0.05) is 19.6 Å². The molecule has 0 heterocycles. The zero-order valence-electron chi connectivity index (χ0n) is 9.90. The molecule has 0 aromatic rings. The molecule has 16 heavy (non-hydrogen) atoms. The smallest absolute Gasteiger partial charge is 0.317 e. The van der Waals surface area contributed by atoms with Crippen LogP contribution in [0.15, 0.2) is 0 Å². The lowest BCUT2D eigenvalue weighted by Gasteiger charge is -2.21. The number of carbonyl (C=O) groups is 2. The van der Waals surface area contributed by atoms with E-state index in [9.17, 15) is 9.59 Å². The van der Waals surface area contributed by atoms with Gasteiger partial charge in [-0.15, -0.1) is 0 Å². The molecule has 92 valence electrons. The van der Waals surface area contributed by atoms with E-state index in [-0.39, 0.29) is 12.6 Å². The minimum absolute atomic E-state index is 0.150. The van der Waals surface area contributed by atoms with Crippen molar-refractivity contribution in [2.24, 2.45) is 11.8 Å². The molecule has 1 saturated carbocycles. The third kappa shape index (κ3) is 4.08. The molecule has 2 N–H and O–H groups in total. The Kier molecular flexibility index (Phi) is 4.58. The summed E-state index contributed by atoms with van der Waals surface area (Å²) >= 11 is 0. The van der Waals surface area contributed by atoms with E-state index in [1.807, 2.05) is 6.92 Å². The van der Waals surface area contributed by atoms with Crippen LogP contribution in [0.2, 0.25) is 0 Å². The third-order valence-electron chi connectivity index (χ3n) is 2.83. The van der Waals surface area contributed by atoms with Crippen molar-refractivity contribution in [1.82, 2.24) is 10.2 Å². The topological polar surface area (TPSA) is 69.6 Å². The maximum absolute atomic E-state index is 11.7. The van der Waals surface area contributed by atoms with E-state index < -0.39 is 11.9 Å². The third-order valence-corrected chi connectivity index (χ3v) is 2.83. The van der Waals surface area contributed by atoms with Crippen LogP contribution in [0.1, 0.15) is 26.7 Å². The molecule has 0 spiro atoms. The highest BCUT2D eigenvalue weighted by Crippen LogP contribution is 2.29. The van der Waals surface area contributed by atoms with Crippen LogP contribution in [-0.4, -0.2) is 41.6 Å². The van der Waals surface area contributed by atoms with Crippen molar-refractivity contribution in [3.63, 3.8) is 0 Å². The summed E-state index contributed by atoms with van der Waals surface area (Å²) in [5.41, 5.74) is 0. The van der Waals surface area contributed by atoms with Crippen LogP contribution >= 0.6 is 0 Å². The average Bonchev–Trinajstić information content (AvgIpc) is 3.05. The summed E-state index contributed by atoms with van der Waals surface area (Å²) in [7, 11) is 0. The van der Waals surface area contributed by atoms with Crippen molar-refractivity contribution in [2.45, 2.75) is 26.7 Å². The van der Waals surface area contributed by atoms with Gasteiger partial charge in [0.15, 0.2) is 0 Å². The molecular formula is C11H20N2O3. The minimum Gasteiger partial charge on any atom is -0.481 e. The first-order chi connectivity index (χ1) is 7.54. The Morgan fingerprint density at radius 1 is 1.50 bits per heavy atom. The number of rotatable bonds is 6. The molecule has 1 aliphatic rings. The van der Waals surface area contributed by atoms with Crippen molar-refractivity contribution >= 4 is 12.0 Å². The zero-order chi connectivity index (χ0) is 12.1. The number of carbonyl (C=O) groups excluding carboxylic acids is 1. The first-order valence-electron chi connectivity index (χ1n) is 5.80. The maximum Gasteiger partial charge on any atom is 0.317 e. The van der Waals surface area contributed by atoms with Crippen molar-refractivity contribution in [2.75, 3.05) is 19.6 Å². The number of carboxylic acids is 1. The van der Waals surface area contributed by atoms with Gasteiger partial charge < -0.3 is 15.3 Å². The highest BCUT2D eigenvalue weighted by atomic mass is 16.4. The van der Waals surface area contributed by atoms with E-state index in [1.165, 1.54) is 12.8 Å². The fourth-order valence-corrected chi connectivity index (χ4v) is 1.41. The Hall–Kier alpha value is -1.26. The van der Waals surface area contributed by atoms with Gasteiger partial charge in [-0.3, -0.25) is 4.79 Å². The van der Waals surface area contributed by atoms with Crippen LogP contribution in [-0.2, 0) is 4.79 Å². The normalized spacial score (nSPS) is 16.6. The van der Waals surface area contributed by atoms with E-state index in [2.05, 4.69) is 5.32 Å². The molecule has 2 amide bonds. The van der Waals surface area contributed by atoms with Crippen LogP contribution in [0.4, 0.5) is 4.79 Å². The van der Waals surface area contributed by atoms with Crippen molar-refractivity contribution in [1.29, 1.82) is 0 Å². The Labute approximate surface area is 95.8 Å². The number of urea groups is 1. The molecule has 1 fully saturated rings. The van der Waals surface area contributed by atoms with Gasteiger partial charge in [-0.25, -0.2) is 4.79 Å². The molecule has 1 aliphatic carbocycles. The van der Waals surface area contributed by atoms with Gasteiger partial charge in [0.1, 0.15) is 0 Å². The molecule has 0 bridgehead atoms. The average molecular weight is 228 g/mol. The number of aliphatic carboxylic acids is 1. The fourth-order valence-electron chi connectivity index (χ4n) is 1.41. The van der Waals surface area contributed by atoms with Gasteiger partial charge in [0.2, 0.25) is 0 Å². The predicted molar refractivity (Wildman–Crippen MR) is 60.2 cm³/mol. The van der Waals surface area contributed by atoms with Crippen LogP contribution in [0.5, 0.6) is 0 Å². The second kappa shape index (κ2) is 5.72. The highest BCUT2D eigenvalue weighted by Gasteiger charge is 2.26. The van der Waals surface area contributed by atoms with E-state index >= 15 is 0 Å². The monoisotopic (exact) mass is 228 g/mol. The summed E-state index contributed by atoms with van der Waals surface area (Å²) in [6.07, 6.45) is 2.41. The standard InChI is InChI=1S/C11H20N2O3/c1-3-13(7-9-4-5-9)11(16)12-6-8(2)10(14)15/h8-9H,3-7H2,1-2H3,(H,12,16)(H,14,15). The minimum atomic E-state index is -0.884.